The van der Waals surface area contributed by atoms with E-state index in [2.05, 4.69) is 281 Å². The summed E-state index contributed by atoms with van der Waals surface area (Å²) in [4.78, 5) is 2.52. The van der Waals surface area contributed by atoms with Crippen LogP contribution in [0.4, 0.5) is 17.1 Å². The van der Waals surface area contributed by atoms with Gasteiger partial charge in [-0.25, -0.2) is 0 Å². The molecule has 2 aliphatic carbocycles. The van der Waals surface area contributed by atoms with Gasteiger partial charge in [0.05, 0.1) is 0 Å². The number of hydrogen-bond acceptors (Lipinski definition) is 1. The molecule has 0 saturated carbocycles. The third-order valence-electron chi connectivity index (χ3n) is 16.4. The van der Waals surface area contributed by atoms with Crippen molar-refractivity contribution in [2.75, 3.05) is 4.90 Å². The number of fused-ring (bicyclic) bond motifs is 12. The van der Waals surface area contributed by atoms with E-state index in [4.69, 9.17) is 0 Å². The zero-order valence-corrected chi connectivity index (χ0v) is 41.6. The minimum Gasteiger partial charge on any atom is -0.310 e. The molecule has 0 spiro atoms. The van der Waals surface area contributed by atoms with Crippen molar-refractivity contribution in [3.8, 4) is 66.8 Å². The Morgan fingerprint density at radius 3 is 1.25 bits per heavy atom. The van der Waals surface area contributed by atoms with E-state index in [1.165, 1.54) is 121 Å². The van der Waals surface area contributed by atoms with E-state index in [1.54, 1.807) is 0 Å². The van der Waals surface area contributed by atoms with Gasteiger partial charge in [0.25, 0.3) is 0 Å². The van der Waals surface area contributed by atoms with E-state index in [1.807, 2.05) is 0 Å². The third kappa shape index (κ3) is 6.62. The topological polar surface area (TPSA) is 3.24 Å². The monoisotopic (exact) mass is 931 g/mol. The van der Waals surface area contributed by atoms with Crippen LogP contribution in [0.1, 0.15) is 49.9 Å². The predicted octanol–water partition coefficient (Wildman–Crippen LogP) is 19.9. The minimum absolute atomic E-state index is 0.155. The molecule has 1 heteroatoms. The number of rotatable bonds is 7. The Morgan fingerprint density at radius 1 is 0.247 bits per heavy atom. The highest BCUT2D eigenvalue weighted by Gasteiger charge is 2.38. The van der Waals surface area contributed by atoms with E-state index in [0.717, 1.165) is 17.1 Å². The van der Waals surface area contributed by atoms with Crippen LogP contribution in [-0.4, -0.2) is 0 Å². The summed E-state index contributed by atoms with van der Waals surface area (Å²) in [5, 5.41) is 7.45. The van der Waals surface area contributed by atoms with Crippen LogP contribution in [0.25, 0.3) is 99.1 Å². The lowest BCUT2D eigenvalue weighted by Gasteiger charge is -2.30. The Labute approximate surface area is 428 Å². The molecule has 0 amide bonds. The van der Waals surface area contributed by atoms with Crippen LogP contribution in [0.5, 0.6) is 0 Å². The molecule has 2 aliphatic rings. The van der Waals surface area contributed by atoms with E-state index >= 15 is 0 Å². The molecular formula is C72H53N. The van der Waals surface area contributed by atoms with Gasteiger partial charge >= 0.3 is 0 Å². The molecule has 14 rings (SSSR count). The van der Waals surface area contributed by atoms with Crippen molar-refractivity contribution < 1.29 is 0 Å². The Balaban J connectivity index is 1.06. The normalized spacial score (nSPS) is 13.7. The van der Waals surface area contributed by atoms with Gasteiger partial charge in [-0.15, -0.1) is 0 Å². The lowest BCUT2D eigenvalue weighted by molar-refractivity contribution is 0.660. The van der Waals surface area contributed by atoms with Crippen molar-refractivity contribution >= 4 is 49.4 Å². The fourth-order valence-electron chi connectivity index (χ4n) is 12.8. The summed E-state index contributed by atoms with van der Waals surface area (Å²) in [6, 6.07) is 93.1. The molecule has 0 saturated heterocycles. The average molecular weight is 932 g/mol. The molecule has 0 fully saturated rings. The Hall–Kier alpha value is -8.78. The molecule has 0 unspecified atom stereocenters. The van der Waals surface area contributed by atoms with E-state index in [9.17, 15) is 0 Å². The zero-order valence-electron chi connectivity index (χ0n) is 41.6. The fourth-order valence-corrected chi connectivity index (χ4v) is 12.8. The summed E-state index contributed by atoms with van der Waals surface area (Å²) in [5.41, 5.74) is 23.6. The molecule has 0 atom stereocenters. The van der Waals surface area contributed by atoms with Gasteiger partial charge in [0.15, 0.2) is 0 Å². The minimum atomic E-state index is -0.155. The van der Waals surface area contributed by atoms with Gasteiger partial charge in [-0.3, -0.25) is 0 Å². The van der Waals surface area contributed by atoms with E-state index in [0.29, 0.717) is 0 Å². The first kappa shape index (κ1) is 43.0. The van der Waals surface area contributed by atoms with Gasteiger partial charge in [-0.2, -0.15) is 0 Å². The van der Waals surface area contributed by atoms with Crippen LogP contribution < -0.4 is 4.90 Å². The summed E-state index contributed by atoms with van der Waals surface area (Å²) in [7, 11) is 0. The van der Waals surface area contributed by atoms with Gasteiger partial charge in [-0.1, -0.05) is 234 Å². The Kier molecular flexibility index (Phi) is 9.66. The van der Waals surface area contributed by atoms with Crippen molar-refractivity contribution in [2.24, 2.45) is 0 Å². The predicted molar refractivity (Wildman–Crippen MR) is 311 cm³/mol. The highest BCUT2D eigenvalue weighted by molar-refractivity contribution is 6.33. The molecule has 0 aromatic heterocycles. The highest BCUT2D eigenvalue weighted by Crippen LogP contribution is 2.55. The Morgan fingerprint density at radius 2 is 0.658 bits per heavy atom. The first-order valence-corrected chi connectivity index (χ1v) is 25.7. The zero-order chi connectivity index (χ0) is 49.0. The lowest BCUT2D eigenvalue weighted by atomic mass is 9.81. The summed E-state index contributed by atoms with van der Waals surface area (Å²) in [6.07, 6.45) is 0. The fraction of sp³-hybridized carbons (Fsp3) is 0.0833. The molecular weight excluding hydrogens is 879 g/mol. The summed E-state index contributed by atoms with van der Waals surface area (Å²) >= 11 is 0. The largest absolute Gasteiger partial charge is 0.310 e. The number of nitrogens with zero attached hydrogens (tertiary/aromatic N) is 1. The quantitative estimate of drug-likeness (QED) is 0.144. The molecule has 73 heavy (non-hydrogen) atoms. The molecule has 0 bridgehead atoms. The van der Waals surface area contributed by atoms with Crippen molar-refractivity contribution in [1.29, 1.82) is 0 Å². The van der Waals surface area contributed by atoms with Crippen LogP contribution >= 0.6 is 0 Å². The van der Waals surface area contributed by atoms with Crippen molar-refractivity contribution in [1.82, 2.24) is 0 Å². The van der Waals surface area contributed by atoms with Crippen molar-refractivity contribution in [2.45, 2.75) is 38.5 Å². The standard InChI is InChI=1S/C72H53N/c1-71(2)64-30-18-16-27-55(64)57-39-36-52(43-66(57)71)73(53-37-40-58-56-28-17-19-31-65(56)72(3,4)67(58)44-53)51-38-41-60-63(42-51)54-26-14-15-29-59(54)69-62(49-34-32-47(33-35-49)46-20-8-5-9-21-46)45-61(48-22-10-6-11-23-48)68(70(60)69)50-24-12-7-13-25-50/h5-45H,1-4H3. The molecule has 12 aromatic carbocycles. The van der Waals surface area contributed by atoms with Crippen molar-refractivity contribution in [3.63, 3.8) is 0 Å². The highest BCUT2D eigenvalue weighted by atomic mass is 15.1. The second-order valence-corrected chi connectivity index (χ2v) is 21.2. The maximum atomic E-state index is 2.52. The summed E-state index contributed by atoms with van der Waals surface area (Å²) < 4.78 is 0. The summed E-state index contributed by atoms with van der Waals surface area (Å²) in [6.45, 7) is 9.53. The van der Waals surface area contributed by atoms with E-state index < -0.39 is 0 Å². The Bertz CT molecular complexity index is 4060. The summed E-state index contributed by atoms with van der Waals surface area (Å²) in [5.74, 6) is 0. The second kappa shape index (κ2) is 16.4. The maximum Gasteiger partial charge on any atom is 0.0468 e. The van der Waals surface area contributed by atoms with Crippen molar-refractivity contribution in [3.05, 3.63) is 271 Å². The molecule has 0 aliphatic heterocycles. The van der Waals surface area contributed by atoms with Crippen LogP contribution in [0.2, 0.25) is 0 Å². The second-order valence-electron chi connectivity index (χ2n) is 21.2. The van der Waals surface area contributed by atoms with Gasteiger partial charge < -0.3 is 4.90 Å². The lowest BCUT2D eigenvalue weighted by Crippen LogP contribution is -2.18. The molecule has 12 aromatic rings. The number of anilines is 3. The van der Waals surface area contributed by atoms with Crippen LogP contribution in [0.3, 0.4) is 0 Å². The molecule has 1 nitrogen and oxygen atoms in total. The third-order valence-corrected chi connectivity index (χ3v) is 16.4. The van der Waals surface area contributed by atoms with Gasteiger partial charge in [0.2, 0.25) is 0 Å². The smallest absolute Gasteiger partial charge is 0.0468 e. The number of benzene rings is 12. The van der Waals surface area contributed by atoms with Gasteiger partial charge in [0.1, 0.15) is 0 Å². The number of hydrogen-bond donors (Lipinski definition) is 0. The van der Waals surface area contributed by atoms with Gasteiger partial charge in [0, 0.05) is 27.9 Å². The SMILES string of the molecule is CC1(C)c2ccccc2-c2ccc(N(c3ccc4c(c3)C(C)(C)c3ccccc3-4)c3ccc4c(c3)c3ccccc3c3c(-c5ccc(-c6ccccc6)cc5)cc(-c5ccccc5)c(-c5ccccc5)c43)cc21. The van der Waals surface area contributed by atoms with Crippen LogP contribution in [0.15, 0.2) is 249 Å². The van der Waals surface area contributed by atoms with Crippen LogP contribution in [-0.2, 0) is 10.8 Å². The molecule has 346 valence electrons. The average Bonchev–Trinajstić information content (AvgIpc) is 3.82. The van der Waals surface area contributed by atoms with Crippen LogP contribution in [0, 0.1) is 0 Å². The first-order chi connectivity index (χ1) is 35.7. The molecule has 0 heterocycles. The molecule has 0 N–H and O–H groups in total. The maximum absolute atomic E-state index is 2.52. The first-order valence-electron chi connectivity index (χ1n) is 25.7. The van der Waals surface area contributed by atoms with E-state index in [-0.39, 0.29) is 10.8 Å². The van der Waals surface area contributed by atoms with Gasteiger partial charge in [-0.05, 0) is 164 Å². The molecule has 0 radical (unpaired) electrons.